The minimum absolute atomic E-state index is 0.286. The Morgan fingerprint density at radius 2 is 1.82 bits per heavy atom. The van der Waals surface area contributed by atoms with Gasteiger partial charge < -0.3 is 4.42 Å². The van der Waals surface area contributed by atoms with Gasteiger partial charge in [-0.15, -0.1) is 0 Å². The summed E-state index contributed by atoms with van der Waals surface area (Å²) >= 11 is 0. The molecule has 84 valence electrons. The first-order valence-electron chi connectivity index (χ1n) is 5.50. The quantitative estimate of drug-likeness (QED) is 0.593. The van der Waals surface area contributed by atoms with Crippen molar-refractivity contribution in [3.63, 3.8) is 0 Å². The summed E-state index contributed by atoms with van der Waals surface area (Å²) in [6, 6.07) is 14.8. The van der Waals surface area contributed by atoms with E-state index in [-0.39, 0.29) is 5.82 Å². The van der Waals surface area contributed by atoms with Crippen LogP contribution in [0.1, 0.15) is 5.56 Å². The first-order valence-corrected chi connectivity index (χ1v) is 5.50. The largest absolute Gasteiger partial charge is 0.453 e. The molecule has 0 aliphatic carbocycles. The maximum atomic E-state index is 14.2. The fraction of sp³-hybridized carbons (Fsp3) is 0.0667. The van der Waals surface area contributed by atoms with Crippen LogP contribution in [0.3, 0.4) is 0 Å². The van der Waals surface area contributed by atoms with Gasteiger partial charge in [-0.05, 0) is 25.1 Å². The summed E-state index contributed by atoms with van der Waals surface area (Å²) in [5.74, 6) is 0.0288. The van der Waals surface area contributed by atoms with Crippen LogP contribution < -0.4 is 0 Å². The van der Waals surface area contributed by atoms with Crippen LogP contribution in [0.15, 0.2) is 52.9 Å². The van der Waals surface area contributed by atoms with Gasteiger partial charge in [0.05, 0.1) is 5.39 Å². The second-order valence-corrected chi connectivity index (χ2v) is 4.11. The molecule has 0 saturated heterocycles. The third-order valence-electron chi connectivity index (χ3n) is 2.82. The molecule has 1 heterocycles. The molecule has 0 fully saturated rings. The van der Waals surface area contributed by atoms with Crippen LogP contribution in [0.2, 0.25) is 0 Å². The third kappa shape index (κ3) is 1.62. The number of hydrogen-bond donors (Lipinski definition) is 0. The van der Waals surface area contributed by atoms with Gasteiger partial charge >= 0.3 is 0 Å². The number of rotatable bonds is 1. The average Bonchev–Trinajstić information content (AvgIpc) is 2.68. The second kappa shape index (κ2) is 3.74. The zero-order chi connectivity index (χ0) is 11.8. The van der Waals surface area contributed by atoms with Crippen molar-refractivity contribution in [2.24, 2.45) is 0 Å². The van der Waals surface area contributed by atoms with Crippen molar-refractivity contribution in [2.45, 2.75) is 6.92 Å². The highest BCUT2D eigenvalue weighted by molar-refractivity contribution is 5.83. The molecule has 0 aliphatic rings. The van der Waals surface area contributed by atoms with Gasteiger partial charge in [-0.2, -0.15) is 0 Å². The lowest BCUT2D eigenvalue weighted by Crippen LogP contribution is -1.79. The van der Waals surface area contributed by atoms with Crippen LogP contribution in [-0.4, -0.2) is 0 Å². The highest BCUT2D eigenvalue weighted by Gasteiger charge is 2.14. The van der Waals surface area contributed by atoms with Crippen LogP contribution in [0.5, 0.6) is 0 Å². The summed E-state index contributed by atoms with van der Waals surface area (Å²) in [6.07, 6.45) is 0. The maximum Gasteiger partial charge on any atom is 0.177 e. The SMILES string of the molecule is Cc1cccc(-c2oc3ccccc3c2F)c1. The van der Waals surface area contributed by atoms with E-state index in [1.54, 1.807) is 18.2 Å². The number of halogens is 1. The Hall–Kier alpha value is -2.09. The molecule has 0 spiro atoms. The van der Waals surface area contributed by atoms with E-state index in [1.807, 2.05) is 37.3 Å². The predicted octanol–water partition coefficient (Wildman–Crippen LogP) is 4.55. The Kier molecular flexibility index (Phi) is 2.22. The Morgan fingerprint density at radius 1 is 1.00 bits per heavy atom. The minimum Gasteiger partial charge on any atom is -0.453 e. The fourth-order valence-electron chi connectivity index (χ4n) is 1.99. The maximum absolute atomic E-state index is 14.2. The van der Waals surface area contributed by atoms with E-state index in [9.17, 15) is 4.39 Å². The second-order valence-electron chi connectivity index (χ2n) is 4.11. The van der Waals surface area contributed by atoms with Crippen LogP contribution in [0.4, 0.5) is 4.39 Å². The highest BCUT2D eigenvalue weighted by atomic mass is 19.1. The fourth-order valence-corrected chi connectivity index (χ4v) is 1.99. The third-order valence-corrected chi connectivity index (χ3v) is 2.82. The lowest BCUT2D eigenvalue weighted by atomic mass is 10.1. The molecule has 0 aliphatic heterocycles. The first kappa shape index (κ1) is 10.1. The van der Waals surface area contributed by atoms with Crippen molar-refractivity contribution in [3.8, 4) is 11.3 Å². The summed E-state index contributed by atoms with van der Waals surface area (Å²) in [5, 5.41) is 0.531. The molecule has 17 heavy (non-hydrogen) atoms. The molecule has 0 amide bonds. The molecule has 3 aromatic rings. The van der Waals surface area contributed by atoms with Crippen molar-refractivity contribution in [1.29, 1.82) is 0 Å². The summed E-state index contributed by atoms with van der Waals surface area (Å²) in [6.45, 7) is 1.98. The van der Waals surface area contributed by atoms with Crippen LogP contribution in [0.25, 0.3) is 22.3 Å². The topological polar surface area (TPSA) is 13.1 Å². The number of para-hydroxylation sites is 1. The number of aryl methyl sites for hydroxylation is 1. The van der Waals surface area contributed by atoms with Gasteiger partial charge in [-0.3, -0.25) is 0 Å². The molecule has 2 heteroatoms. The van der Waals surface area contributed by atoms with E-state index >= 15 is 0 Å². The Bertz CT molecular complexity index is 682. The highest BCUT2D eigenvalue weighted by Crippen LogP contribution is 2.32. The number of fused-ring (bicyclic) bond motifs is 1. The van der Waals surface area contributed by atoms with Gasteiger partial charge in [0.2, 0.25) is 0 Å². The van der Waals surface area contributed by atoms with E-state index < -0.39 is 0 Å². The van der Waals surface area contributed by atoms with Gasteiger partial charge in [-0.25, -0.2) is 4.39 Å². The van der Waals surface area contributed by atoms with Crippen molar-refractivity contribution in [3.05, 3.63) is 59.9 Å². The summed E-state index contributed by atoms with van der Waals surface area (Å²) < 4.78 is 19.7. The minimum atomic E-state index is -0.286. The average molecular weight is 226 g/mol. The van der Waals surface area contributed by atoms with Gasteiger partial charge in [0.25, 0.3) is 0 Å². The molecular formula is C15H11FO. The predicted molar refractivity (Wildman–Crippen MR) is 66.3 cm³/mol. The molecule has 1 nitrogen and oxygen atoms in total. The van der Waals surface area contributed by atoms with Crippen molar-refractivity contribution in [2.75, 3.05) is 0 Å². The normalized spacial score (nSPS) is 10.9. The van der Waals surface area contributed by atoms with E-state index in [1.165, 1.54) is 0 Å². The van der Waals surface area contributed by atoms with E-state index in [2.05, 4.69) is 0 Å². The Labute approximate surface area is 98.5 Å². The zero-order valence-electron chi connectivity index (χ0n) is 9.41. The van der Waals surface area contributed by atoms with Gasteiger partial charge in [0, 0.05) is 5.56 Å². The zero-order valence-corrected chi connectivity index (χ0v) is 9.41. The monoisotopic (exact) mass is 226 g/mol. The standard InChI is InChI=1S/C15H11FO/c1-10-5-4-6-11(9-10)15-14(16)12-7-2-3-8-13(12)17-15/h2-9H,1H3. The van der Waals surface area contributed by atoms with E-state index in [0.29, 0.717) is 16.7 Å². The molecule has 0 radical (unpaired) electrons. The molecule has 0 N–H and O–H groups in total. The molecule has 3 rings (SSSR count). The van der Waals surface area contributed by atoms with Gasteiger partial charge in [-0.1, -0.05) is 35.9 Å². The lowest BCUT2D eigenvalue weighted by Gasteiger charge is -1.98. The molecule has 1 aromatic heterocycles. The Balaban J connectivity index is 2.27. The number of benzene rings is 2. The van der Waals surface area contributed by atoms with Crippen molar-refractivity contribution in [1.82, 2.24) is 0 Å². The van der Waals surface area contributed by atoms with Crippen LogP contribution in [-0.2, 0) is 0 Å². The van der Waals surface area contributed by atoms with Gasteiger partial charge in [0.15, 0.2) is 11.6 Å². The number of hydrogen-bond acceptors (Lipinski definition) is 1. The van der Waals surface area contributed by atoms with Crippen molar-refractivity contribution < 1.29 is 8.81 Å². The summed E-state index contributed by atoms with van der Waals surface area (Å²) in [4.78, 5) is 0. The molecule has 2 aromatic carbocycles. The van der Waals surface area contributed by atoms with E-state index in [4.69, 9.17) is 4.42 Å². The Morgan fingerprint density at radius 3 is 2.59 bits per heavy atom. The summed E-state index contributed by atoms with van der Waals surface area (Å²) in [7, 11) is 0. The lowest BCUT2D eigenvalue weighted by molar-refractivity contribution is 0.574. The van der Waals surface area contributed by atoms with Gasteiger partial charge in [0.1, 0.15) is 5.58 Å². The molecule has 0 atom stereocenters. The molecule has 0 saturated carbocycles. The molecule has 0 bridgehead atoms. The molecule has 0 unspecified atom stereocenters. The molecular weight excluding hydrogens is 215 g/mol. The van der Waals surface area contributed by atoms with E-state index in [0.717, 1.165) is 11.1 Å². The first-order chi connectivity index (χ1) is 8.25. The van der Waals surface area contributed by atoms with Crippen LogP contribution >= 0.6 is 0 Å². The van der Waals surface area contributed by atoms with Crippen molar-refractivity contribution >= 4 is 11.0 Å². The number of furan rings is 1. The van der Waals surface area contributed by atoms with Crippen LogP contribution in [0, 0.1) is 12.7 Å². The summed E-state index contributed by atoms with van der Waals surface area (Å²) in [5.41, 5.74) is 2.45. The smallest absolute Gasteiger partial charge is 0.177 e.